The number of rotatable bonds is 7. The van der Waals surface area contributed by atoms with Crippen molar-refractivity contribution >= 4 is 32.7 Å². The van der Waals surface area contributed by atoms with Crippen molar-refractivity contribution in [2.45, 2.75) is 143 Å². The summed E-state index contributed by atoms with van der Waals surface area (Å²) in [7, 11) is 0. The molecule has 1 spiro atoms. The fourth-order valence-corrected chi connectivity index (χ4v) is 12.2. The Morgan fingerprint density at radius 2 is 1.39 bits per heavy atom. The largest absolute Gasteiger partial charge is 0.507 e. The van der Waals surface area contributed by atoms with Crippen LogP contribution in [0.1, 0.15) is 153 Å². The fourth-order valence-electron chi connectivity index (χ4n) is 12.2. The molecule has 3 heterocycles. The van der Waals surface area contributed by atoms with Gasteiger partial charge in [-0.2, -0.15) is 0 Å². The second-order valence-corrected chi connectivity index (χ2v) is 23.6. The number of phenols is 1. The van der Waals surface area contributed by atoms with E-state index >= 15 is 0 Å². The van der Waals surface area contributed by atoms with Crippen LogP contribution in [0.15, 0.2) is 128 Å². The summed E-state index contributed by atoms with van der Waals surface area (Å²) in [6.07, 6.45) is 14.5. The van der Waals surface area contributed by atoms with Crippen molar-refractivity contribution in [3.63, 3.8) is 0 Å². The van der Waals surface area contributed by atoms with E-state index < -0.39 is 0 Å². The minimum Gasteiger partial charge on any atom is -0.507 e. The van der Waals surface area contributed by atoms with Crippen molar-refractivity contribution in [3.05, 3.63) is 162 Å². The number of benzene rings is 6. The predicted octanol–water partition coefficient (Wildman–Crippen LogP) is 17.9. The van der Waals surface area contributed by atoms with Crippen LogP contribution in [0.4, 0.5) is 0 Å². The average molecular weight is 1130 g/mol. The molecule has 11 rings (SSSR count). The van der Waals surface area contributed by atoms with E-state index in [4.69, 9.17) is 15.0 Å². The quantitative estimate of drug-likeness (QED) is 0.128. The Balaban J connectivity index is 0.00000596. The molecule has 2 aliphatic carbocycles. The Bertz CT molecular complexity index is 3470. The van der Waals surface area contributed by atoms with Crippen LogP contribution in [-0.4, -0.2) is 24.6 Å². The van der Waals surface area contributed by atoms with Crippen molar-refractivity contribution in [1.82, 2.24) is 19.5 Å². The maximum Gasteiger partial charge on any atom is 0.148 e. The molecule has 2 aliphatic rings. The van der Waals surface area contributed by atoms with Gasteiger partial charge in [0.1, 0.15) is 11.6 Å². The second-order valence-electron chi connectivity index (χ2n) is 23.6. The van der Waals surface area contributed by atoms with Gasteiger partial charge in [0.05, 0.1) is 22.3 Å². The molecule has 6 aromatic carbocycles. The number of aromatic hydroxyl groups is 1. The van der Waals surface area contributed by atoms with E-state index in [1.54, 1.807) is 0 Å². The summed E-state index contributed by atoms with van der Waals surface area (Å²) in [5.74, 6) is 1.81. The molecule has 0 bridgehead atoms. The Kier molecular flexibility index (Phi) is 13.2. The van der Waals surface area contributed by atoms with Crippen LogP contribution in [0.3, 0.4) is 0 Å². The molecule has 9 aromatic rings. The number of hydrogen-bond donors (Lipinski definition) is 1. The zero-order valence-electron chi connectivity index (χ0n) is 43.7. The van der Waals surface area contributed by atoms with Crippen LogP contribution >= 0.6 is 0 Å². The first-order valence-electron chi connectivity index (χ1n) is 26.4. The number of hydrogen-bond acceptors (Lipinski definition) is 4. The molecule has 5 nitrogen and oxygen atoms in total. The molecular weight excluding hydrogens is 1060 g/mol. The number of phenolic OH excluding ortho intramolecular Hbond substituents is 1. The summed E-state index contributed by atoms with van der Waals surface area (Å²) >= 11 is 0. The van der Waals surface area contributed by atoms with E-state index in [2.05, 4.69) is 194 Å². The van der Waals surface area contributed by atoms with E-state index in [-0.39, 0.29) is 43.6 Å². The summed E-state index contributed by atoms with van der Waals surface area (Å²) in [4.78, 5) is 15.8. The summed E-state index contributed by atoms with van der Waals surface area (Å²) < 4.78 is 2.30. The number of aryl methyl sites for hydroxylation is 1. The van der Waals surface area contributed by atoms with Gasteiger partial charge in [-0.05, 0) is 159 Å². The average Bonchev–Trinajstić information content (AvgIpc) is 3.76. The monoisotopic (exact) mass is 1130 g/mol. The summed E-state index contributed by atoms with van der Waals surface area (Å²) in [5.41, 5.74) is 16.6. The number of imidazole rings is 1. The predicted molar refractivity (Wildman–Crippen MR) is 297 cm³/mol. The molecule has 1 N–H and O–H groups in total. The molecule has 72 heavy (non-hydrogen) atoms. The maximum atomic E-state index is 12.6. The SMILES string of the molecule is Cc1nc2ccc(-c3cc(-c4ccc(C5CCC6(CCCCC6)CC5)cc4)ccn3)[c-]c2c2c1ccc1c2nc(-c2cc(C(C)(C)C)cc(C(C)(C)C)c2O)n1-c1ccc(-c2ccccc2)cc1C(C)C.[Pt]. The van der Waals surface area contributed by atoms with Gasteiger partial charge in [-0.1, -0.05) is 164 Å². The Morgan fingerprint density at radius 3 is 2.08 bits per heavy atom. The van der Waals surface area contributed by atoms with Crippen molar-refractivity contribution in [3.8, 4) is 56.3 Å². The smallest absolute Gasteiger partial charge is 0.148 e. The molecule has 0 amide bonds. The summed E-state index contributed by atoms with van der Waals surface area (Å²) in [6, 6.07) is 48.0. The van der Waals surface area contributed by atoms with E-state index in [0.29, 0.717) is 22.7 Å². The molecular formula is C66H69N4OPt-. The van der Waals surface area contributed by atoms with Crippen molar-refractivity contribution in [2.75, 3.05) is 0 Å². The molecule has 370 valence electrons. The minimum atomic E-state index is -0.323. The van der Waals surface area contributed by atoms with Crippen LogP contribution in [0.5, 0.6) is 5.75 Å². The number of aromatic nitrogens is 4. The van der Waals surface area contributed by atoms with Crippen LogP contribution in [0.2, 0.25) is 0 Å². The normalized spacial score (nSPS) is 15.5. The molecule has 2 fully saturated rings. The van der Waals surface area contributed by atoms with Crippen LogP contribution < -0.4 is 0 Å². The van der Waals surface area contributed by atoms with Crippen molar-refractivity contribution in [2.24, 2.45) is 5.41 Å². The van der Waals surface area contributed by atoms with Gasteiger partial charge in [-0.25, -0.2) is 4.98 Å². The van der Waals surface area contributed by atoms with E-state index in [1.165, 1.54) is 80.0 Å². The first-order chi connectivity index (χ1) is 34.0. The Labute approximate surface area is 441 Å². The molecule has 3 aromatic heterocycles. The second kappa shape index (κ2) is 19.2. The molecule has 0 unspecified atom stereocenters. The Hall–Kier alpha value is -5.90. The minimum absolute atomic E-state index is 0. The van der Waals surface area contributed by atoms with Crippen LogP contribution in [0.25, 0.3) is 83.3 Å². The van der Waals surface area contributed by atoms with Gasteiger partial charge in [0.2, 0.25) is 0 Å². The third-order valence-electron chi connectivity index (χ3n) is 16.4. The third-order valence-corrected chi connectivity index (χ3v) is 16.4. The summed E-state index contributed by atoms with van der Waals surface area (Å²) in [5, 5.41) is 15.5. The van der Waals surface area contributed by atoms with Gasteiger partial charge < -0.3 is 5.11 Å². The van der Waals surface area contributed by atoms with Gasteiger partial charge in [0, 0.05) is 44.2 Å². The molecule has 0 radical (unpaired) electrons. The fraction of sp³-hybridized carbons (Fsp3) is 0.348. The van der Waals surface area contributed by atoms with Gasteiger partial charge in [-0.3, -0.25) is 14.5 Å². The number of pyridine rings is 2. The van der Waals surface area contributed by atoms with Crippen LogP contribution in [-0.2, 0) is 31.9 Å². The van der Waals surface area contributed by atoms with E-state index in [1.807, 2.05) is 6.20 Å². The standard InChI is InChI=1S/C66H69N4O.Pt/c1-41(2)52-36-47(43-16-12-10-13-17-43)23-26-58(52)70-59-27-24-51-42(3)68-56-25-22-49(37-53(56)60(51)61(59)69-63(70)54-39-50(64(4,5)6)40-55(62(54)71)65(7,8)9)57-38-48(30-35-67-57)45-20-18-44(19-21-45)46-28-33-66(34-29-46)31-14-11-15-32-66;/h10,12-13,16-27,30,35-36,38-41,46,71H,11,14-15,28-29,31-34H2,1-9H3;/q-1;. The van der Waals surface area contributed by atoms with Crippen molar-refractivity contribution < 1.29 is 26.2 Å². The van der Waals surface area contributed by atoms with Crippen LogP contribution in [0, 0.1) is 18.4 Å². The number of fused-ring (bicyclic) bond motifs is 5. The molecule has 0 aliphatic heterocycles. The van der Waals surface area contributed by atoms with Gasteiger partial charge in [0.25, 0.3) is 0 Å². The molecule has 2 saturated carbocycles. The van der Waals surface area contributed by atoms with Gasteiger partial charge in [0.15, 0.2) is 0 Å². The van der Waals surface area contributed by atoms with Gasteiger partial charge in [-0.15, -0.1) is 18.2 Å². The zero-order chi connectivity index (χ0) is 49.4. The first kappa shape index (κ1) is 49.7. The summed E-state index contributed by atoms with van der Waals surface area (Å²) in [6.45, 7) is 19.8. The topological polar surface area (TPSA) is 63.8 Å². The van der Waals surface area contributed by atoms with E-state index in [9.17, 15) is 5.11 Å². The molecule has 6 heteroatoms. The molecule has 0 saturated heterocycles. The first-order valence-corrected chi connectivity index (χ1v) is 26.4. The molecule has 0 atom stereocenters. The van der Waals surface area contributed by atoms with E-state index in [0.717, 1.165) is 77.6 Å². The zero-order valence-corrected chi connectivity index (χ0v) is 46.0. The maximum absolute atomic E-state index is 12.6. The number of nitrogens with zero attached hydrogens (tertiary/aromatic N) is 4. The Morgan fingerprint density at radius 1 is 0.694 bits per heavy atom. The van der Waals surface area contributed by atoms with Crippen molar-refractivity contribution in [1.29, 1.82) is 0 Å². The van der Waals surface area contributed by atoms with Gasteiger partial charge >= 0.3 is 0 Å². The third kappa shape index (κ3) is 9.14.